The maximum atomic E-state index is 9.19. The van der Waals surface area contributed by atoms with E-state index in [1.54, 1.807) is 11.3 Å². The van der Waals surface area contributed by atoms with Gasteiger partial charge in [0.25, 0.3) is 0 Å². The van der Waals surface area contributed by atoms with Crippen LogP contribution in [0.4, 0.5) is 0 Å². The molecule has 2 unspecified atom stereocenters. The number of likely N-dealkylation sites (tertiary alicyclic amines) is 1. The van der Waals surface area contributed by atoms with Crippen LogP contribution in [0.2, 0.25) is 0 Å². The number of hydrogen-bond acceptors (Lipinski definition) is 4. The third-order valence-electron chi connectivity index (χ3n) is 3.39. The van der Waals surface area contributed by atoms with Crippen molar-refractivity contribution in [3.63, 3.8) is 0 Å². The predicted molar refractivity (Wildman–Crippen MR) is 71.5 cm³/mol. The zero-order valence-electron chi connectivity index (χ0n) is 10.1. The Labute approximate surface area is 111 Å². The molecule has 3 nitrogen and oxygen atoms in total. The van der Waals surface area contributed by atoms with Crippen molar-refractivity contribution in [2.75, 3.05) is 19.7 Å². The van der Waals surface area contributed by atoms with E-state index in [9.17, 15) is 5.11 Å². The molecule has 0 aromatic carbocycles. The van der Waals surface area contributed by atoms with E-state index in [1.807, 2.05) is 5.38 Å². The summed E-state index contributed by atoms with van der Waals surface area (Å²) in [6.07, 6.45) is 2.16. The summed E-state index contributed by atoms with van der Waals surface area (Å²) in [7, 11) is 0. The molecule has 96 valence electrons. The molecule has 0 amide bonds. The van der Waals surface area contributed by atoms with Gasteiger partial charge in [-0.05, 0) is 25.3 Å². The van der Waals surface area contributed by atoms with Crippen LogP contribution in [0.25, 0.3) is 0 Å². The number of nitrogens with zero attached hydrogens (tertiary/aromatic N) is 2. The van der Waals surface area contributed by atoms with E-state index in [1.165, 1.54) is 5.01 Å². The van der Waals surface area contributed by atoms with Crippen LogP contribution in [-0.2, 0) is 5.88 Å². The van der Waals surface area contributed by atoms with E-state index in [2.05, 4.69) is 16.8 Å². The Bertz CT molecular complexity index is 358. The Kier molecular flexibility index (Phi) is 4.79. The van der Waals surface area contributed by atoms with Crippen LogP contribution in [-0.4, -0.2) is 34.7 Å². The number of hydrogen-bond donors (Lipinski definition) is 1. The second-order valence-electron chi connectivity index (χ2n) is 4.57. The molecule has 2 rings (SSSR count). The van der Waals surface area contributed by atoms with E-state index < -0.39 is 0 Å². The van der Waals surface area contributed by atoms with Crippen LogP contribution in [0.5, 0.6) is 0 Å². The van der Waals surface area contributed by atoms with E-state index >= 15 is 0 Å². The lowest BCUT2D eigenvalue weighted by Gasteiger charge is -2.24. The van der Waals surface area contributed by atoms with E-state index in [0.717, 1.165) is 31.6 Å². The van der Waals surface area contributed by atoms with Crippen LogP contribution in [0.1, 0.15) is 36.5 Å². The van der Waals surface area contributed by atoms with Crippen molar-refractivity contribution in [1.29, 1.82) is 0 Å². The quantitative estimate of drug-likeness (QED) is 0.839. The van der Waals surface area contributed by atoms with Crippen LogP contribution >= 0.6 is 22.9 Å². The largest absolute Gasteiger partial charge is 0.396 e. The molecule has 2 atom stereocenters. The molecule has 0 saturated carbocycles. The van der Waals surface area contributed by atoms with Crippen molar-refractivity contribution in [2.45, 2.75) is 31.7 Å². The van der Waals surface area contributed by atoms with Gasteiger partial charge in [0.2, 0.25) is 0 Å². The number of thiazole rings is 1. The summed E-state index contributed by atoms with van der Waals surface area (Å²) in [5.41, 5.74) is 0.975. The Hall–Kier alpha value is -0.160. The van der Waals surface area contributed by atoms with Crippen molar-refractivity contribution < 1.29 is 5.11 Å². The number of halogens is 1. The van der Waals surface area contributed by atoms with Gasteiger partial charge in [-0.3, -0.25) is 4.90 Å². The van der Waals surface area contributed by atoms with Crippen molar-refractivity contribution in [2.24, 2.45) is 5.92 Å². The second kappa shape index (κ2) is 6.14. The first kappa shape index (κ1) is 13.3. The third kappa shape index (κ3) is 2.99. The number of aliphatic hydroxyl groups excluding tert-OH is 1. The minimum atomic E-state index is 0.303. The van der Waals surface area contributed by atoms with Crippen molar-refractivity contribution in [1.82, 2.24) is 9.88 Å². The van der Waals surface area contributed by atoms with Gasteiger partial charge in [0.15, 0.2) is 0 Å². The molecule has 0 radical (unpaired) electrons. The summed E-state index contributed by atoms with van der Waals surface area (Å²) in [4.78, 5) is 7.02. The van der Waals surface area contributed by atoms with Crippen LogP contribution in [0.3, 0.4) is 0 Å². The molecule has 1 aromatic rings. The molecular formula is C12H19ClN2OS. The standard InChI is InChI=1S/C12H19ClN2OS/c1-2-11(12-14-10(5-13)8-17-12)15-4-3-9(6-15)7-16/h8-9,11,16H,2-7H2,1H3. The fraction of sp³-hybridized carbons (Fsp3) is 0.750. The maximum absolute atomic E-state index is 9.19. The van der Waals surface area contributed by atoms with Gasteiger partial charge in [0.1, 0.15) is 5.01 Å². The Balaban J connectivity index is 2.06. The molecule has 0 aliphatic carbocycles. The first-order valence-corrected chi connectivity index (χ1v) is 7.55. The zero-order valence-corrected chi connectivity index (χ0v) is 11.7. The Morgan fingerprint density at radius 3 is 3.06 bits per heavy atom. The molecule has 1 saturated heterocycles. The van der Waals surface area contributed by atoms with Gasteiger partial charge in [-0.1, -0.05) is 6.92 Å². The summed E-state index contributed by atoms with van der Waals surface area (Å²) < 4.78 is 0. The molecule has 2 heterocycles. The van der Waals surface area contributed by atoms with E-state index in [4.69, 9.17) is 11.6 Å². The zero-order chi connectivity index (χ0) is 12.3. The van der Waals surface area contributed by atoms with Crippen LogP contribution < -0.4 is 0 Å². The lowest BCUT2D eigenvalue weighted by Crippen LogP contribution is -2.26. The topological polar surface area (TPSA) is 36.4 Å². The summed E-state index contributed by atoms with van der Waals surface area (Å²) in [6, 6.07) is 0.397. The average Bonchev–Trinajstić information content (AvgIpc) is 2.99. The van der Waals surface area contributed by atoms with Gasteiger partial charge in [0.05, 0.1) is 17.6 Å². The molecule has 5 heteroatoms. The molecule has 1 aliphatic rings. The van der Waals surface area contributed by atoms with Gasteiger partial charge in [-0.2, -0.15) is 0 Å². The highest BCUT2D eigenvalue weighted by atomic mass is 35.5. The Morgan fingerprint density at radius 1 is 1.71 bits per heavy atom. The molecule has 17 heavy (non-hydrogen) atoms. The van der Waals surface area contributed by atoms with Crippen molar-refractivity contribution in [3.8, 4) is 0 Å². The molecule has 0 bridgehead atoms. The monoisotopic (exact) mass is 274 g/mol. The maximum Gasteiger partial charge on any atom is 0.110 e. The van der Waals surface area contributed by atoms with E-state index in [0.29, 0.717) is 24.4 Å². The SMILES string of the molecule is CCC(c1nc(CCl)cs1)N1CCC(CO)C1. The van der Waals surface area contributed by atoms with Gasteiger partial charge in [0, 0.05) is 18.5 Å². The summed E-state index contributed by atoms with van der Waals surface area (Å²) in [6.45, 7) is 4.56. The lowest BCUT2D eigenvalue weighted by atomic mass is 10.1. The molecule has 0 spiro atoms. The molecule has 1 aliphatic heterocycles. The van der Waals surface area contributed by atoms with E-state index in [-0.39, 0.29) is 0 Å². The minimum absolute atomic E-state index is 0.303. The van der Waals surface area contributed by atoms with Gasteiger partial charge in [-0.15, -0.1) is 22.9 Å². The fourth-order valence-electron chi connectivity index (χ4n) is 2.42. The smallest absolute Gasteiger partial charge is 0.110 e. The lowest BCUT2D eigenvalue weighted by molar-refractivity contribution is 0.195. The highest BCUT2D eigenvalue weighted by Crippen LogP contribution is 2.31. The van der Waals surface area contributed by atoms with Gasteiger partial charge < -0.3 is 5.11 Å². The third-order valence-corrected chi connectivity index (χ3v) is 4.66. The summed E-state index contributed by atoms with van der Waals surface area (Å²) >= 11 is 7.49. The van der Waals surface area contributed by atoms with Gasteiger partial charge >= 0.3 is 0 Å². The number of aliphatic hydroxyl groups is 1. The number of alkyl halides is 1. The minimum Gasteiger partial charge on any atom is -0.396 e. The molecule has 1 N–H and O–H groups in total. The summed E-state index contributed by atoms with van der Waals surface area (Å²) in [5, 5.41) is 12.4. The highest BCUT2D eigenvalue weighted by molar-refractivity contribution is 7.09. The molecular weight excluding hydrogens is 256 g/mol. The van der Waals surface area contributed by atoms with Crippen molar-refractivity contribution >= 4 is 22.9 Å². The van der Waals surface area contributed by atoms with Crippen LogP contribution in [0, 0.1) is 5.92 Å². The molecule has 1 aromatic heterocycles. The Morgan fingerprint density at radius 2 is 2.53 bits per heavy atom. The van der Waals surface area contributed by atoms with Gasteiger partial charge in [-0.25, -0.2) is 4.98 Å². The highest BCUT2D eigenvalue weighted by Gasteiger charge is 2.29. The number of aromatic nitrogens is 1. The van der Waals surface area contributed by atoms with Crippen molar-refractivity contribution in [3.05, 3.63) is 16.1 Å². The average molecular weight is 275 g/mol. The summed E-state index contributed by atoms with van der Waals surface area (Å²) in [5.74, 6) is 0.933. The first-order chi connectivity index (χ1) is 8.28. The fourth-order valence-corrected chi connectivity index (χ4v) is 3.68. The normalized spacial score (nSPS) is 23.1. The number of rotatable bonds is 5. The first-order valence-electron chi connectivity index (χ1n) is 6.13. The second-order valence-corrected chi connectivity index (χ2v) is 5.72. The predicted octanol–water partition coefficient (Wildman–Crippen LogP) is 2.65. The molecule has 1 fully saturated rings. The van der Waals surface area contributed by atoms with Crippen LogP contribution in [0.15, 0.2) is 5.38 Å².